The highest BCUT2D eigenvalue weighted by molar-refractivity contribution is 6.09. The molecule has 0 aliphatic carbocycles. The van der Waals surface area contributed by atoms with Gasteiger partial charge in [-0.3, -0.25) is 4.90 Å². The second-order valence-electron chi connectivity index (χ2n) is 8.75. The summed E-state index contributed by atoms with van der Waals surface area (Å²) in [5, 5.41) is 3.87. The number of rotatable bonds is 5. The molecule has 5 rings (SSSR count). The Bertz CT molecular complexity index is 1300. The smallest absolute Gasteiger partial charge is 0.161 e. The Balaban J connectivity index is 1.76. The average molecular weight is 427 g/mol. The first-order chi connectivity index (χ1) is 15.6. The second kappa shape index (κ2) is 8.44. The summed E-state index contributed by atoms with van der Waals surface area (Å²) in [6.45, 7) is 9.32. The molecule has 32 heavy (non-hydrogen) atoms. The lowest BCUT2D eigenvalue weighted by atomic mass is 9.89. The van der Waals surface area contributed by atoms with Crippen molar-refractivity contribution in [1.82, 2.24) is 9.88 Å². The maximum absolute atomic E-state index is 5.94. The van der Waals surface area contributed by atoms with E-state index >= 15 is 0 Å². The predicted octanol–water partition coefficient (Wildman–Crippen LogP) is 6.23. The molecule has 2 heterocycles. The van der Waals surface area contributed by atoms with E-state index in [1.165, 1.54) is 27.3 Å². The van der Waals surface area contributed by atoms with Crippen LogP contribution in [-0.2, 0) is 13.0 Å². The first-order valence-corrected chi connectivity index (χ1v) is 11.5. The van der Waals surface area contributed by atoms with Gasteiger partial charge in [0, 0.05) is 24.0 Å². The van der Waals surface area contributed by atoms with E-state index in [-0.39, 0.29) is 6.10 Å². The fraction of sp³-hybridized carbons (Fsp3) is 0.321. The Labute approximate surface area is 189 Å². The maximum Gasteiger partial charge on any atom is 0.161 e. The maximum atomic E-state index is 5.94. The Hall–Kier alpha value is -3.11. The molecule has 1 aliphatic rings. The first-order valence-electron chi connectivity index (χ1n) is 11.5. The van der Waals surface area contributed by atoms with Crippen molar-refractivity contribution >= 4 is 21.7 Å². The SMILES string of the molecule is CCN1CCc2c(c(-c3ccc(OC(C)C)c(OC)c3)nc3ccc4ccccc4c23)C1. The van der Waals surface area contributed by atoms with Gasteiger partial charge in [-0.15, -0.1) is 0 Å². The Morgan fingerprint density at radius 2 is 1.84 bits per heavy atom. The van der Waals surface area contributed by atoms with Gasteiger partial charge in [-0.2, -0.15) is 0 Å². The molecule has 0 saturated heterocycles. The molecule has 4 heteroatoms. The standard InChI is InChI=1S/C28H30N2O2/c1-5-30-15-14-22-23(17-30)28(20-11-13-25(32-18(2)3)26(16-20)31-4)29-24-12-10-19-8-6-7-9-21(19)27(22)24/h6-13,16,18H,5,14-15,17H2,1-4H3. The number of likely N-dealkylation sites (N-methyl/N-ethyl adjacent to an activating group) is 1. The zero-order chi connectivity index (χ0) is 22.2. The highest BCUT2D eigenvalue weighted by Gasteiger charge is 2.24. The number of methoxy groups -OCH3 is 1. The first kappa shape index (κ1) is 20.8. The molecule has 1 aromatic heterocycles. The van der Waals surface area contributed by atoms with Gasteiger partial charge in [-0.1, -0.05) is 37.3 Å². The van der Waals surface area contributed by atoms with Gasteiger partial charge in [0.2, 0.25) is 0 Å². The van der Waals surface area contributed by atoms with Crippen LogP contribution in [0.3, 0.4) is 0 Å². The van der Waals surface area contributed by atoms with Gasteiger partial charge in [0.15, 0.2) is 11.5 Å². The molecular formula is C28H30N2O2. The molecule has 0 N–H and O–H groups in total. The third-order valence-electron chi connectivity index (χ3n) is 6.40. The van der Waals surface area contributed by atoms with Crippen LogP contribution < -0.4 is 9.47 Å². The highest BCUT2D eigenvalue weighted by atomic mass is 16.5. The van der Waals surface area contributed by atoms with Gasteiger partial charge in [-0.25, -0.2) is 4.98 Å². The van der Waals surface area contributed by atoms with Crippen molar-refractivity contribution in [2.45, 2.75) is 39.8 Å². The minimum atomic E-state index is 0.0905. The number of benzene rings is 3. The summed E-state index contributed by atoms with van der Waals surface area (Å²) in [5.74, 6) is 1.51. The lowest BCUT2D eigenvalue weighted by molar-refractivity contribution is 0.230. The Morgan fingerprint density at radius 3 is 2.62 bits per heavy atom. The number of pyridine rings is 1. The molecule has 0 atom stereocenters. The van der Waals surface area contributed by atoms with Crippen LogP contribution in [0.5, 0.6) is 11.5 Å². The molecule has 0 bridgehead atoms. The van der Waals surface area contributed by atoms with E-state index < -0.39 is 0 Å². The largest absolute Gasteiger partial charge is 0.493 e. The normalized spacial score (nSPS) is 14.2. The summed E-state index contributed by atoms with van der Waals surface area (Å²) in [5.41, 5.74) is 5.95. The van der Waals surface area contributed by atoms with Crippen LogP contribution >= 0.6 is 0 Å². The summed E-state index contributed by atoms with van der Waals surface area (Å²) in [6, 6.07) is 19.2. The second-order valence-corrected chi connectivity index (χ2v) is 8.75. The third kappa shape index (κ3) is 3.59. The van der Waals surface area contributed by atoms with Crippen molar-refractivity contribution in [2.24, 2.45) is 0 Å². The molecule has 0 saturated carbocycles. The molecule has 164 valence electrons. The molecular weight excluding hydrogens is 396 g/mol. The van der Waals surface area contributed by atoms with E-state index in [4.69, 9.17) is 14.5 Å². The molecule has 0 amide bonds. The van der Waals surface area contributed by atoms with E-state index in [1.807, 2.05) is 19.9 Å². The minimum Gasteiger partial charge on any atom is -0.493 e. The number of nitrogens with zero attached hydrogens (tertiary/aromatic N) is 2. The lowest BCUT2D eigenvalue weighted by Gasteiger charge is -2.30. The van der Waals surface area contributed by atoms with Gasteiger partial charge >= 0.3 is 0 Å². The van der Waals surface area contributed by atoms with Crippen LogP contribution in [0.15, 0.2) is 54.6 Å². The van der Waals surface area contributed by atoms with Gasteiger partial charge in [0.1, 0.15) is 0 Å². The Kier molecular flexibility index (Phi) is 5.48. The summed E-state index contributed by atoms with van der Waals surface area (Å²) < 4.78 is 11.6. The number of fused-ring (bicyclic) bond motifs is 5. The fourth-order valence-electron chi connectivity index (χ4n) is 4.85. The van der Waals surface area contributed by atoms with Crippen molar-refractivity contribution in [3.8, 4) is 22.8 Å². The van der Waals surface area contributed by atoms with Crippen LogP contribution in [-0.4, -0.2) is 36.2 Å². The molecule has 1 aliphatic heterocycles. The van der Waals surface area contributed by atoms with E-state index in [1.54, 1.807) is 7.11 Å². The molecule has 0 spiro atoms. The molecule has 3 aromatic carbocycles. The monoisotopic (exact) mass is 426 g/mol. The van der Waals surface area contributed by atoms with Crippen LogP contribution in [0.2, 0.25) is 0 Å². The van der Waals surface area contributed by atoms with Crippen molar-refractivity contribution in [3.63, 3.8) is 0 Å². The highest BCUT2D eigenvalue weighted by Crippen LogP contribution is 2.39. The van der Waals surface area contributed by atoms with Crippen LogP contribution in [0, 0.1) is 0 Å². The van der Waals surface area contributed by atoms with Crippen LogP contribution in [0.25, 0.3) is 32.9 Å². The summed E-state index contributed by atoms with van der Waals surface area (Å²) in [4.78, 5) is 7.72. The fourth-order valence-corrected chi connectivity index (χ4v) is 4.85. The van der Waals surface area contributed by atoms with E-state index in [0.717, 1.165) is 54.3 Å². The third-order valence-corrected chi connectivity index (χ3v) is 6.40. The van der Waals surface area contributed by atoms with Crippen molar-refractivity contribution in [2.75, 3.05) is 20.2 Å². The molecule has 4 nitrogen and oxygen atoms in total. The molecule has 0 fully saturated rings. The summed E-state index contributed by atoms with van der Waals surface area (Å²) in [6.07, 6.45) is 1.13. The lowest BCUT2D eigenvalue weighted by Crippen LogP contribution is -2.31. The van der Waals surface area contributed by atoms with Crippen LogP contribution in [0.4, 0.5) is 0 Å². The van der Waals surface area contributed by atoms with Gasteiger partial charge in [-0.05, 0) is 73.0 Å². The van der Waals surface area contributed by atoms with Gasteiger partial charge < -0.3 is 9.47 Å². The van der Waals surface area contributed by atoms with Crippen molar-refractivity contribution in [1.29, 1.82) is 0 Å². The topological polar surface area (TPSA) is 34.6 Å². The number of hydrogen-bond acceptors (Lipinski definition) is 4. The zero-order valence-corrected chi connectivity index (χ0v) is 19.3. The minimum absolute atomic E-state index is 0.0905. The van der Waals surface area contributed by atoms with Gasteiger partial charge in [0.05, 0.1) is 24.4 Å². The molecule has 4 aromatic rings. The number of hydrogen-bond donors (Lipinski definition) is 0. The number of aromatic nitrogens is 1. The molecule has 0 radical (unpaired) electrons. The average Bonchev–Trinajstić information content (AvgIpc) is 2.82. The van der Waals surface area contributed by atoms with Gasteiger partial charge in [0.25, 0.3) is 0 Å². The number of ether oxygens (including phenoxy) is 2. The quantitative estimate of drug-likeness (QED) is 0.354. The predicted molar refractivity (Wildman–Crippen MR) is 132 cm³/mol. The van der Waals surface area contributed by atoms with Crippen molar-refractivity contribution < 1.29 is 9.47 Å². The van der Waals surface area contributed by atoms with Crippen molar-refractivity contribution in [3.05, 3.63) is 65.7 Å². The van der Waals surface area contributed by atoms with E-state index in [9.17, 15) is 0 Å². The van der Waals surface area contributed by atoms with Crippen LogP contribution in [0.1, 0.15) is 31.9 Å². The van der Waals surface area contributed by atoms with E-state index in [0.29, 0.717) is 0 Å². The summed E-state index contributed by atoms with van der Waals surface area (Å²) >= 11 is 0. The zero-order valence-electron chi connectivity index (χ0n) is 19.3. The Morgan fingerprint density at radius 1 is 1.00 bits per heavy atom. The molecule has 0 unspecified atom stereocenters. The summed E-state index contributed by atoms with van der Waals surface area (Å²) in [7, 11) is 1.69. The van der Waals surface area contributed by atoms with E-state index in [2.05, 4.69) is 60.4 Å².